The maximum atomic E-state index is 10.8. The first-order valence-electron chi connectivity index (χ1n) is 11.4. The van der Waals surface area contributed by atoms with E-state index in [0.717, 1.165) is 39.3 Å². The standard InChI is InChI=1S/C23H30N6O3S/c1-11-17(21-28-15-10-24-8-7-16(15)33-21)20(29-22(25-11)26-12-5-4-6-12)27-14-9-13(23(2,3)32)18(30)19(14)31/h7-8,10,12-14,18-19,30-32H,4-6,9H2,1-3H3,(H2,25,26,27,29)/t13-,14+,18+,19-/m0/s1. The summed E-state index contributed by atoms with van der Waals surface area (Å²) < 4.78 is 1.01. The number of hydrogen-bond acceptors (Lipinski definition) is 10. The molecule has 0 bridgehead atoms. The van der Waals surface area contributed by atoms with Crippen molar-refractivity contribution >= 4 is 33.3 Å². The number of hydrogen-bond donors (Lipinski definition) is 5. The molecule has 0 spiro atoms. The van der Waals surface area contributed by atoms with Gasteiger partial charge in [-0.15, -0.1) is 11.3 Å². The fourth-order valence-electron chi connectivity index (χ4n) is 4.67. The molecule has 0 unspecified atom stereocenters. The van der Waals surface area contributed by atoms with Crippen molar-refractivity contribution in [3.63, 3.8) is 0 Å². The van der Waals surface area contributed by atoms with Crippen LogP contribution in [0.3, 0.4) is 0 Å². The van der Waals surface area contributed by atoms with Crippen LogP contribution in [-0.4, -0.2) is 65.1 Å². The highest BCUT2D eigenvalue weighted by Gasteiger charge is 2.48. The van der Waals surface area contributed by atoms with Crippen LogP contribution in [0.15, 0.2) is 18.5 Å². The van der Waals surface area contributed by atoms with Crippen molar-refractivity contribution in [2.45, 2.75) is 76.3 Å². The average molecular weight is 471 g/mol. The van der Waals surface area contributed by atoms with Crippen LogP contribution >= 0.6 is 11.3 Å². The number of nitrogens with one attached hydrogen (secondary N) is 2. The van der Waals surface area contributed by atoms with Crippen molar-refractivity contribution in [3.05, 3.63) is 24.2 Å². The third-order valence-corrected chi connectivity index (χ3v) is 7.90. The zero-order chi connectivity index (χ0) is 23.3. The second-order valence-electron chi connectivity index (χ2n) is 9.72. The molecule has 0 radical (unpaired) electrons. The van der Waals surface area contributed by atoms with Crippen LogP contribution in [0.4, 0.5) is 11.8 Å². The van der Waals surface area contributed by atoms with E-state index >= 15 is 0 Å². The van der Waals surface area contributed by atoms with Gasteiger partial charge < -0.3 is 26.0 Å². The van der Waals surface area contributed by atoms with Gasteiger partial charge in [-0.3, -0.25) is 4.98 Å². The summed E-state index contributed by atoms with van der Waals surface area (Å²) in [6.45, 7) is 5.25. The zero-order valence-corrected chi connectivity index (χ0v) is 19.8. The maximum absolute atomic E-state index is 10.8. The van der Waals surface area contributed by atoms with E-state index < -0.39 is 29.8 Å². The molecule has 9 nitrogen and oxygen atoms in total. The van der Waals surface area contributed by atoms with Gasteiger partial charge >= 0.3 is 0 Å². The van der Waals surface area contributed by atoms with E-state index in [1.54, 1.807) is 26.2 Å². The molecule has 10 heteroatoms. The van der Waals surface area contributed by atoms with E-state index in [4.69, 9.17) is 15.0 Å². The molecule has 5 rings (SSSR count). The number of anilines is 2. The minimum atomic E-state index is -1.11. The first-order valence-corrected chi connectivity index (χ1v) is 12.2. The summed E-state index contributed by atoms with van der Waals surface area (Å²) in [4.78, 5) is 18.4. The number of aromatic nitrogens is 4. The molecule has 3 aromatic rings. The van der Waals surface area contributed by atoms with Crippen molar-refractivity contribution in [3.8, 4) is 10.6 Å². The lowest BCUT2D eigenvalue weighted by Gasteiger charge is -2.28. The van der Waals surface area contributed by atoms with Gasteiger partial charge in [0.1, 0.15) is 22.4 Å². The van der Waals surface area contributed by atoms with Gasteiger partial charge in [0, 0.05) is 18.2 Å². The number of aliphatic hydroxyl groups is 3. The highest BCUT2D eigenvalue weighted by Crippen LogP contribution is 2.40. The predicted octanol–water partition coefficient (Wildman–Crippen LogP) is 2.71. The van der Waals surface area contributed by atoms with Gasteiger partial charge in [-0.1, -0.05) is 0 Å². The summed E-state index contributed by atoms with van der Waals surface area (Å²) in [5, 5.41) is 39.3. The van der Waals surface area contributed by atoms with Crippen molar-refractivity contribution in [2.24, 2.45) is 5.92 Å². The Kier molecular flexibility index (Phi) is 5.72. The Morgan fingerprint density at radius 1 is 1.09 bits per heavy atom. The van der Waals surface area contributed by atoms with Crippen LogP contribution in [0.25, 0.3) is 20.8 Å². The average Bonchev–Trinajstić information content (AvgIpc) is 3.26. The number of nitrogens with zero attached hydrogens (tertiary/aromatic N) is 4. The summed E-state index contributed by atoms with van der Waals surface area (Å²) in [6, 6.07) is 1.82. The smallest absolute Gasteiger partial charge is 0.225 e. The zero-order valence-electron chi connectivity index (χ0n) is 19.0. The summed E-state index contributed by atoms with van der Waals surface area (Å²) in [5.41, 5.74) is 1.23. The molecule has 0 aliphatic heterocycles. The van der Waals surface area contributed by atoms with Gasteiger partial charge in [0.15, 0.2) is 0 Å². The molecule has 0 aromatic carbocycles. The largest absolute Gasteiger partial charge is 0.390 e. The van der Waals surface area contributed by atoms with Gasteiger partial charge in [-0.05, 0) is 52.5 Å². The molecule has 0 saturated heterocycles. The van der Waals surface area contributed by atoms with Gasteiger partial charge in [0.05, 0.1) is 39.9 Å². The third-order valence-electron chi connectivity index (χ3n) is 6.84. The molecule has 2 saturated carbocycles. The normalized spacial score (nSPS) is 25.9. The maximum Gasteiger partial charge on any atom is 0.225 e. The molecule has 176 valence electrons. The number of pyridine rings is 1. The van der Waals surface area contributed by atoms with Crippen molar-refractivity contribution < 1.29 is 15.3 Å². The van der Waals surface area contributed by atoms with Crippen LogP contribution < -0.4 is 10.6 Å². The minimum absolute atomic E-state index is 0.370. The van der Waals surface area contributed by atoms with Gasteiger partial charge in [0.2, 0.25) is 5.95 Å². The quantitative estimate of drug-likeness (QED) is 0.368. The Bertz CT molecular complexity index is 1130. The second kappa shape index (κ2) is 8.43. The topological polar surface area (TPSA) is 136 Å². The number of aryl methyl sites for hydroxylation is 1. The molecule has 3 heterocycles. The number of thiazole rings is 1. The summed E-state index contributed by atoms with van der Waals surface area (Å²) in [5.74, 6) is 0.639. The van der Waals surface area contributed by atoms with Crippen molar-refractivity contribution in [2.75, 3.05) is 10.6 Å². The molecule has 4 atom stereocenters. The lowest BCUT2D eigenvalue weighted by molar-refractivity contribution is -0.0601. The van der Waals surface area contributed by atoms with Crippen LogP contribution in [0, 0.1) is 12.8 Å². The van der Waals surface area contributed by atoms with Crippen molar-refractivity contribution in [1.29, 1.82) is 0 Å². The molecular weight excluding hydrogens is 440 g/mol. The monoisotopic (exact) mass is 470 g/mol. The summed E-state index contributed by atoms with van der Waals surface area (Å²) in [7, 11) is 0. The van der Waals surface area contributed by atoms with Crippen LogP contribution in [-0.2, 0) is 0 Å². The molecule has 2 aliphatic rings. The van der Waals surface area contributed by atoms with Crippen LogP contribution in [0.5, 0.6) is 0 Å². The lowest BCUT2D eigenvalue weighted by atomic mass is 9.88. The van der Waals surface area contributed by atoms with Gasteiger partial charge in [-0.2, -0.15) is 4.98 Å². The third kappa shape index (κ3) is 4.28. The molecule has 3 aromatic heterocycles. The van der Waals surface area contributed by atoms with E-state index in [-0.39, 0.29) is 0 Å². The summed E-state index contributed by atoms with van der Waals surface area (Å²) >= 11 is 1.53. The Morgan fingerprint density at radius 3 is 2.52 bits per heavy atom. The Hall–Kier alpha value is -2.40. The van der Waals surface area contributed by atoms with Crippen LogP contribution in [0.1, 0.15) is 45.2 Å². The van der Waals surface area contributed by atoms with Crippen molar-refractivity contribution in [1.82, 2.24) is 19.9 Å². The first kappa shape index (κ1) is 22.4. The second-order valence-corrected chi connectivity index (χ2v) is 10.7. The lowest BCUT2D eigenvalue weighted by Crippen LogP contribution is -2.40. The van der Waals surface area contributed by atoms with E-state index in [0.29, 0.717) is 24.2 Å². The Labute approximate surface area is 196 Å². The highest BCUT2D eigenvalue weighted by atomic mass is 32.1. The SMILES string of the molecule is Cc1nc(NC2CCC2)nc(N[C@@H]2C[C@H](C(C)(C)O)[C@@H](O)[C@H]2O)c1-c1nc2cnccc2s1. The van der Waals surface area contributed by atoms with E-state index in [2.05, 4.69) is 15.6 Å². The minimum Gasteiger partial charge on any atom is -0.390 e. The Morgan fingerprint density at radius 2 is 1.88 bits per heavy atom. The molecule has 2 fully saturated rings. The fraction of sp³-hybridized carbons (Fsp3) is 0.565. The first-order chi connectivity index (χ1) is 15.7. The van der Waals surface area contributed by atoms with E-state index in [9.17, 15) is 15.3 Å². The van der Waals surface area contributed by atoms with E-state index in [1.807, 2.05) is 13.0 Å². The van der Waals surface area contributed by atoms with E-state index in [1.165, 1.54) is 17.8 Å². The fourth-order valence-corrected chi connectivity index (χ4v) is 5.71. The van der Waals surface area contributed by atoms with Crippen LogP contribution in [0.2, 0.25) is 0 Å². The summed E-state index contributed by atoms with van der Waals surface area (Å²) in [6.07, 6.45) is 5.20. The van der Waals surface area contributed by atoms with Gasteiger partial charge in [-0.25, -0.2) is 9.97 Å². The molecule has 2 aliphatic carbocycles. The Balaban J connectivity index is 1.53. The molecular formula is C23H30N6O3S. The highest BCUT2D eigenvalue weighted by molar-refractivity contribution is 7.21. The predicted molar refractivity (Wildman–Crippen MR) is 128 cm³/mol. The van der Waals surface area contributed by atoms with Gasteiger partial charge in [0.25, 0.3) is 0 Å². The molecule has 0 amide bonds. The number of aliphatic hydroxyl groups excluding tert-OH is 2. The molecule has 33 heavy (non-hydrogen) atoms. The number of fused-ring (bicyclic) bond motifs is 1. The molecule has 5 N–H and O–H groups in total. The number of rotatable bonds is 6.